The van der Waals surface area contributed by atoms with Crippen molar-refractivity contribution in [3.05, 3.63) is 70.2 Å². The number of ether oxygens (including phenoxy) is 2. The minimum absolute atomic E-state index is 0.177. The van der Waals surface area contributed by atoms with Crippen molar-refractivity contribution in [3.8, 4) is 0 Å². The van der Waals surface area contributed by atoms with Crippen molar-refractivity contribution in [1.29, 1.82) is 0 Å². The number of alkyl halides is 1. The summed E-state index contributed by atoms with van der Waals surface area (Å²) in [5, 5.41) is 49.4. The minimum atomic E-state index is -2.84. The molecule has 0 aromatic heterocycles. The molecule has 6 atom stereocenters. The Morgan fingerprint density at radius 2 is 1.85 bits per heavy atom. The third-order valence-electron chi connectivity index (χ3n) is 6.13. The number of aliphatic carboxylic acids is 1. The second-order valence-corrected chi connectivity index (χ2v) is 9.60. The fraction of sp³-hybridized carbons (Fsp3) is 0.400. The first kappa shape index (κ1) is 31.6. The van der Waals surface area contributed by atoms with E-state index in [0.717, 1.165) is 18.2 Å². The Balaban J connectivity index is 1.82. The van der Waals surface area contributed by atoms with Crippen LogP contribution in [0.15, 0.2) is 42.5 Å². The molecule has 0 saturated carbocycles. The summed E-state index contributed by atoms with van der Waals surface area (Å²) in [6.45, 7) is -1.44. The molecule has 0 aliphatic carbocycles. The van der Waals surface area contributed by atoms with Crippen molar-refractivity contribution >= 4 is 41.0 Å². The molecule has 0 radical (unpaired) electrons. The number of rotatable bonds is 11. The summed E-state index contributed by atoms with van der Waals surface area (Å²) in [6.07, 6.45) is -8.43. The van der Waals surface area contributed by atoms with E-state index in [1.807, 2.05) is 0 Å². The Kier molecular flexibility index (Phi) is 10.8. The Bertz CT molecular complexity index is 1220. The summed E-state index contributed by atoms with van der Waals surface area (Å²) in [7, 11) is 0. The van der Waals surface area contributed by atoms with Crippen LogP contribution >= 0.6 is 23.2 Å². The highest BCUT2D eigenvalue weighted by atomic mass is 35.5. The van der Waals surface area contributed by atoms with Gasteiger partial charge in [0, 0.05) is 29.1 Å². The molecule has 1 aliphatic heterocycles. The molecule has 15 heteroatoms. The summed E-state index contributed by atoms with van der Waals surface area (Å²) in [6, 6.07) is 7.30. The lowest BCUT2D eigenvalue weighted by molar-refractivity contribution is -0.383. The predicted molar refractivity (Wildman–Crippen MR) is 133 cm³/mol. The molecule has 5 N–H and O–H groups in total. The Morgan fingerprint density at radius 1 is 1.18 bits per heavy atom. The molecule has 40 heavy (non-hydrogen) atoms. The molecule has 0 unspecified atom stereocenters. The number of carbonyl (C=O) groups excluding carboxylic acids is 3. The maximum absolute atomic E-state index is 14.1. The average Bonchev–Trinajstić information content (AvgIpc) is 2.93. The smallest absolute Gasteiger partial charge is 0.251 e. The van der Waals surface area contributed by atoms with Gasteiger partial charge in [-0.15, -0.1) is 11.6 Å². The van der Waals surface area contributed by atoms with E-state index < -0.39 is 96.7 Å². The predicted octanol–water partition coefficient (Wildman–Crippen LogP) is -0.394. The van der Waals surface area contributed by atoms with Crippen LogP contribution in [0, 0.1) is 11.6 Å². The van der Waals surface area contributed by atoms with Gasteiger partial charge >= 0.3 is 0 Å². The van der Waals surface area contributed by atoms with E-state index in [2.05, 4.69) is 10.6 Å². The second kappa shape index (κ2) is 13.6. The van der Waals surface area contributed by atoms with Gasteiger partial charge < -0.3 is 45.3 Å². The van der Waals surface area contributed by atoms with Gasteiger partial charge in [0.1, 0.15) is 24.1 Å². The third-order valence-corrected chi connectivity index (χ3v) is 6.63. The minimum Gasteiger partial charge on any atom is -0.544 e. The molecule has 3 rings (SSSR count). The molecular formula is C25H25Cl2F2N2O9-. The van der Waals surface area contributed by atoms with E-state index in [1.54, 1.807) is 0 Å². The highest BCUT2D eigenvalue weighted by Crippen LogP contribution is 2.34. The number of aliphatic hydroxyl groups excluding tert-OH is 3. The quantitative estimate of drug-likeness (QED) is 0.213. The number of amides is 2. The summed E-state index contributed by atoms with van der Waals surface area (Å²) in [5.41, 5.74) is -0.213. The number of hydrogen-bond donors (Lipinski definition) is 5. The highest BCUT2D eigenvalue weighted by molar-refractivity contribution is 6.30. The number of halogens is 4. The zero-order valence-electron chi connectivity index (χ0n) is 20.6. The Morgan fingerprint density at radius 3 is 2.48 bits per heavy atom. The van der Waals surface area contributed by atoms with Gasteiger partial charge in [0.15, 0.2) is 11.6 Å². The SMILES string of the molecule is O=C(CCl)N[C@@H]1[C@@H]([C@@H](O)[C@H](O)CNC(=O)c2ccc(Cl)cc2)O[C@@](OCc2cccc(F)c2F)(C(=O)[O-])C[C@H]1O. The molecule has 2 aromatic rings. The lowest BCUT2D eigenvalue weighted by Crippen LogP contribution is -2.70. The van der Waals surface area contributed by atoms with Gasteiger partial charge in [0.25, 0.3) is 5.91 Å². The maximum Gasteiger partial charge on any atom is 0.251 e. The van der Waals surface area contributed by atoms with Crippen LogP contribution in [-0.2, 0) is 25.7 Å². The van der Waals surface area contributed by atoms with Gasteiger partial charge in [-0.2, -0.15) is 0 Å². The van der Waals surface area contributed by atoms with E-state index in [9.17, 15) is 43.6 Å². The van der Waals surface area contributed by atoms with Gasteiger partial charge in [-0.3, -0.25) is 9.59 Å². The van der Waals surface area contributed by atoms with Crippen molar-refractivity contribution < 1.29 is 53.1 Å². The van der Waals surface area contributed by atoms with Crippen LogP contribution in [0.25, 0.3) is 0 Å². The zero-order chi connectivity index (χ0) is 29.6. The monoisotopic (exact) mass is 605 g/mol. The highest BCUT2D eigenvalue weighted by Gasteiger charge is 2.52. The van der Waals surface area contributed by atoms with Crippen LogP contribution in [0.2, 0.25) is 5.02 Å². The van der Waals surface area contributed by atoms with E-state index in [-0.39, 0.29) is 5.56 Å². The summed E-state index contributed by atoms with van der Waals surface area (Å²) < 4.78 is 38.5. The number of benzene rings is 2. The fourth-order valence-corrected chi connectivity index (χ4v) is 4.23. The maximum atomic E-state index is 14.1. The van der Waals surface area contributed by atoms with Crippen LogP contribution in [0.4, 0.5) is 8.78 Å². The molecule has 0 spiro atoms. The van der Waals surface area contributed by atoms with Crippen molar-refractivity contribution in [1.82, 2.24) is 10.6 Å². The summed E-state index contributed by atoms with van der Waals surface area (Å²) >= 11 is 11.3. The number of carboxylic acid groups (broad SMARTS) is 1. The zero-order valence-corrected chi connectivity index (χ0v) is 22.1. The second-order valence-electron chi connectivity index (χ2n) is 8.90. The number of carboxylic acids is 1. The Hall–Kier alpha value is -2.91. The van der Waals surface area contributed by atoms with E-state index in [4.69, 9.17) is 32.7 Å². The molecule has 1 aliphatic rings. The van der Waals surface area contributed by atoms with E-state index in [1.165, 1.54) is 24.3 Å². The topological polar surface area (TPSA) is 177 Å². The average molecular weight is 606 g/mol. The van der Waals surface area contributed by atoms with Gasteiger partial charge in [-0.25, -0.2) is 8.78 Å². The lowest BCUT2D eigenvalue weighted by atomic mass is 9.88. The lowest BCUT2D eigenvalue weighted by Gasteiger charge is -2.49. The van der Waals surface area contributed by atoms with Gasteiger partial charge in [-0.05, 0) is 30.3 Å². The van der Waals surface area contributed by atoms with Crippen LogP contribution in [-0.4, -0.2) is 81.8 Å². The first-order valence-electron chi connectivity index (χ1n) is 11.8. The first-order chi connectivity index (χ1) is 18.9. The first-order valence-corrected chi connectivity index (χ1v) is 12.7. The van der Waals surface area contributed by atoms with Crippen molar-refractivity contribution in [2.75, 3.05) is 12.4 Å². The molecule has 11 nitrogen and oxygen atoms in total. The van der Waals surface area contributed by atoms with Gasteiger partial charge in [0.2, 0.25) is 11.7 Å². The largest absolute Gasteiger partial charge is 0.544 e. The van der Waals surface area contributed by atoms with Gasteiger partial charge in [-0.1, -0.05) is 23.7 Å². The number of hydrogen-bond acceptors (Lipinski definition) is 9. The normalized spacial score (nSPS) is 24.1. The summed E-state index contributed by atoms with van der Waals surface area (Å²) in [4.78, 5) is 36.5. The van der Waals surface area contributed by atoms with Crippen LogP contribution < -0.4 is 15.7 Å². The molecule has 1 saturated heterocycles. The number of nitrogens with one attached hydrogen (secondary N) is 2. The van der Waals surface area contributed by atoms with E-state index in [0.29, 0.717) is 5.02 Å². The van der Waals surface area contributed by atoms with E-state index >= 15 is 0 Å². The molecule has 2 aromatic carbocycles. The molecule has 0 bridgehead atoms. The Labute approximate surface area is 236 Å². The standard InChI is InChI=1S/C25H26Cl2F2N2O9/c26-9-18(34)31-20-16(32)8-25(24(37)38,39-11-13-2-1-3-15(28)19(13)29)40-22(20)21(35)17(33)10-30-23(36)12-4-6-14(27)7-5-12/h1-7,16-17,20-22,32-33,35H,8-11H2,(H,30,36)(H,31,34)(H,37,38)/p-1/t16-,17-,20+,21+,22+,25-/m1/s1. The summed E-state index contributed by atoms with van der Waals surface area (Å²) in [5.74, 6) is -9.49. The van der Waals surface area contributed by atoms with Crippen molar-refractivity contribution in [3.63, 3.8) is 0 Å². The number of aliphatic hydroxyl groups is 3. The van der Waals surface area contributed by atoms with Crippen molar-refractivity contribution in [2.24, 2.45) is 0 Å². The molecule has 1 fully saturated rings. The third kappa shape index (κ3) is 7.43. The van der Waals surface area contributed by atoms with Gasteiger partial charge in [0.05, 0.1) is 24.9 Å². The molecule has 1 heterocycles. The molecule has 218 valence electrons. The number of carbonyl (C=O) groups is 3. The van der Waals surface area contributed by atoms with Crippen molar-refractivity contribution in [2.45, 2.75) is 49.3 Å². The molecular weight excluding hydrogens is 581 g/mol. The van der Waals surface area contributed by atoms with Crippen LogP contribution in [0.1, 0.15) is 22.3 Å². The fourth-order valence-electron chi connectivity index (χ4n) is 4.03. The van der Waals surface area contributed by atoms with Crippen LogP contribution in [0.3, 0.4) is 0 Å². The van der Waals surface area contributed by atoms with Crippen LogP contribution in [0.5, 0.6) is 0 Å². The molecule has 2 amide bonds.